The summed E-state index contributed by atoms with van der Waals surface area (Å²) in [7, 11) is 0. The number of fused-ring (bicyclic) bond motifs is 1. The van der Waals surface area contributed by atoms with Crippen molar-refractivity contribution in [1.29, 1.82) is 0 Å². The lowest BCUT2D eigenvalue weighted by atomic mass is 9.96. The highest BCUT2D eigenvalue weighted by Crippen LogP contribution is 2.37. The van der Waals surface area contributed by atoms with Crippen LogP contribution in [0.4, 0.5) is 5.69 Å². The van der Waals surface area contributed by atoms with Crippen molar-refractivity contribution >= 4 is 27.5 Å². The van der Waals surface area contributed by atoms with Crippen LogP contribution in [0.3, 0.4) is 0 Å². The highest BCUT2D eigenvalue weighted by atomic mass is 79.9. The Morgan fingerprint density at radius 1 is 1.22 bits per heavy atom. The molecule has 0 saturated carbocycles. The highest BCUT2D eigenvalue weighted by Gasteiger charge is 2.29. The van der Waals surface area contributed by atoms with Gasteiger partial charge in [-0.25, -0.2) is 0 Å². The predicted molar refractivity (Wildman–Crippen MR) is 97.5 cm³/mol. The van der Waals surface area contributed by atoms with Gasteiger partial charge in [0.15, 0.2) is 0 Å². The Kier molecular flexibility index (Phi) is 5.13. The Hall–Kier alpha value is -1.65. The summed E-state index contributed by atoms with van der Waals surface area (Å²) < 4.78 is 1.03. The summed E-state index contributed by atoms with van der Waals surface area (Å²) >= 11 is 3.57. The second-order valence-electron chi connectivity index (χ2n) is 5.92. The van der Waals surface area contributed by atoms with Crippen molar-refractivity contribution < 1.29 is 4.79 Å². The van der Waals surface area contributed by atoms with Gasteiger partial charge in [0.25, 0.3) is 0 Å². The fourth-order valence-corrected chi connectivity index (χ4v) is 3.51. The number of hydrogen-bond donors (Lipinski definition) is 1. The molecule has 3 nitrogen and oxygen atoms in total. The average molecular weight is 373 g/mol. The molecule has 0 spiro atoms. The van der Waals surface area contributed by atoms with Gasteiger partial charge in [0, 0.05) is 10.2 Å². The molecule has 1 aliphatic rings. The largest absolute Gasteiger partial charge is 0.325 e. The molecule has 0 aliphatic carbocycles. The van der Waals surface area contributed by atoms with Crippen LogP contribution in [0.15, 0.2) is 53.0 Å². The first kappa shape index (κ1) is 16.2. The maximum Gasteiger partial charge on any atom is 0.238 e. The maximum absolute atomic E-state index is 12.3. The lowest BCUT2D eigenvalue weighted by Crippen LogP contribution is -2.34. The third-order valence-corrected chi connectivity index (χ3v) is 4.70. The van der Waals surface area contributed by atoms with E-state index < -0.39 is 0 Å². The number of hydrogen-bond acceptors (Lipinski definition) is 2. The number of carbonyl (C=O) groups excluding carboxylic acids is 1. The molecule has 0 radical (unpaired) electrons. The number of benzene rings is 2. The molecule has 0 saturated heterocycles. The monoisotopic (exact) mass is 372 g/mol. The Bertz CT molecular complexity index is 687. The molecular formula is C19H21BrN2O. The standard InChI is InChI=1S/C19H21BrN2O/c1-2-3-11-22-13-18(23)21-17-10-9-15(20)12-16(17)19(22)14-7-5-4-6-8-14/h4-10,12,19H,2-3,11,13H2,1H3,(H,21,23). The smallest absolute Gasteiger partial charge is 0.238 e. The van der Waals surface area contributed by atoms with Gasteiger partial charge in [-0.1, -0.05) is 59.6 Å². The summed E-state index contributed by atoms with van der Waals surface area (Å²) in [6.07, 6.45) is 2.20. The lowest BCUT2D eigenvalue weighted by Gasteiger charge is -2.30. The minimum atomic E-state index is 0.0584. The first-order valence-corrected chi connectivity index (χ1v) is 8.86. The minimum absolute atomic E-state index is 0.0584. The van der Waals surface area contributed by atoms with Crippen LogP contribution < -0.4 is 5.32 Å². The molecular weight excluding hydrogens is 352 g/mol. The van der Waals surface area contributed by atoms with Crippen molar-refractivity contribution in [3.63, 3.8) is 0 Å². The van der Waals surface area contributed by atoms with E-state index in [4.69, 9.17) is 0 Å². The van der Waals surface area contributed by atoms with Crippen LogP contribution in [0, 0.1) is 0 Å². The van der Waals surface area contributed by atoms with Gasteiger partial charge in [-0.3, -0.25) is 9.69 Å². The molecule has 1 aliphatic heterocycles. The molecule has 2 aromatic rings. The first-order valence-electron chi connectivity index (χ1n) is 8.07. The molecule has 1 N–H and O–H groups in total. The van der Waals surface area contributed by atoms with Gasteiger partial charge in [-0.05, 0) is 42.3 Å². The molecule has 1 amide bonds. The van der Waals surface area contributed by atoms with E-state index >= 15 is 0 Å². The second kappa shape index (κ2) is 7.28. The zero-order chi connectivity index (χ0) is 16.2. The van der Waals surface area contributed by atoms with E-state index in [9.17, 15) is 4.79 Å². The third kappa shape index (κ3) is 3.65. The Morgan fingerprint density at radius 2 is 2.00 bits per heavy atom. The normalized spacial score (nSPS) is 18.2. The fraction of sp³-hybridized carbons (Fsp3) is 0.316. The Labute approximate surface area is 145 Å². The van der Waals surface area contributed by atoms with Gasteiger partial charge in [0.05, 0.1) is 12.6 Å². The van der Waals surface area contributed by atoms with Gasteiger partial charge >= 0.3 is 0 Å². The molecule has 2 aromatic carbocycles. The van der Waals surface area contributed by atoms with Crippen LogP contribution in [-0.4, -0.2) is 23.9 Å². The second-order valence-corrected chi connectivity index (χ2v) is 6.83. The molecule has 0 aromatic heterocycles. The van der Waals surface area contributed by atoms with E-state index in [0.29, 0.717) is 6.54 Å². The molecule has 23 heavy (non-hydrogen) atoms. The number of amides is 1. The van der Waals surface area contributed by atoms with E-state index in [-0.39, 0.29) is 11.9 Å². The molecule has 4 heteroatoms. The summed E-state index contributed by atoms with van der Waals surface area (Å²) in [5, 5.41) is 3.05. The topological polar surface area (TPSA) is 32.3 Å². The van der Waals surface area contributed by atoms with Gasteiger partial charge in [-0.2, -0.15) is 0 Å². The number of nitrogens with one attached hydrogen (secondary N) is 1. The quantitative estimate of drug-likeness (QED) is 0.850. The van der Waals surface area contributed by atoms with Crippen LogP contribution in [0.25, 0.3) is 0 Å². The maximum atomic E-state index is 12.3. The molecule has 120 valence electrons. The summed E-state index contributed by atoms with van der Waals surface area (Å²) in [6, 6.07) is 16.6. The Morgan fingerprint density at radius 3 is 2.74 bits per heavy atom. The van der Waals surface area contributed by atoms with Gasteiger partial charge in [0.1, 0.15) is 0 Å². The summed E-state index contributed by atoms with van der Waals surface area (Å²) in [5.74, 6) is 0.0584. The van der Waals surface area contributed by atoms with E-state index in [1.165, 1.54) is 5.56 Å². The van der Waals surface area contributed by atoms with Crippen LogP contribution >= 0.6 is 15.9 Å². The van der Waals surface area contributed by atoms with Crippen molar-refractivity contribution in [1.82, 2.24) is 4.90 Å². The first-order chi connectivity index (χ1) is 11.2. The zero-order valence-corrected chi connectivity index (χ0v) is 14.8. The van der Waals surface area contributed by atoms with Crippen LogP contribution in [-0.2, 0) is 4.79 Å². The van der Waals surface area contributed by atoms with Crippen molar-refractivity contribution in [2.24, 2.45) is 0 Å². The number of anilines is 1. The summed E-state index contributed by atoms with van der Waals surface area (Å²) in [6.45, 7) is 3.52. The van der Waals surface area contributed by atoms with E-state index in [1.807, 2.05) is 18.2 Å². The molecule has 3 rings (SSSR count). The van der Waals surface area contributed by atoms with Gasteiger partial charge in [-0.15, -0.1) is 0 Å². The molecule has 0 fully saturated rings. The SMILES string of the molecule is CCCCN1CC(=O)Nc2ccc(Br)cc2C1c1ccccc1. The molecule has 1 heterocycles. The third-order valence-electron chi connectivity index (χ3n) is 4.21. The minimum Gasteiger partial charge on any atom is -0.325 e. The number of halogens is 1. The highest BCUT2D eigenvalue weighted by molar-refractivity contribution is 9.10. The van der Waals surface area contributed by atoms with Gasteiger partial charge in [0.2, 0.25) is 5.91 Å². The van der Waals surface area contributed by atoms with Crippen molar-refractivity contribution in [2.75, 3.05) is 18.4 Å². The van der Waals surface area contributed by atoms with Crippen molar-refractivity contribution in [3.05, 3.63) is 64.1 Å². The van der Waals surface area contributed by atoms with E-state index in [0.717, 1.165) is 35.1 Å². The van der Waals surface area contributed by atoms with Gasteiger partial charge < -0.3 is 5.32 Å². The number of rotatable bonds is 4. The Balaban J connectivity index is 2.11. The average Bonchev–Trinajstić information content (AvgIpc) is 2.69. The van der Waals surface area contributed by atoms with Crippen LogP contribution in [0.2, 0.25) is 0 Å². The van der Waals surface area contributed by atoms with Crippen LogP contribution in [0.5, 0.6) is 0 Å². The van der Waals surface area contributed by atoms with Crippen molar-refractivity contribution in [2.45, 2.75) is 25.8 Å². The molecule has 1 unspecified atom stereocenters. The van der Waals surface area contributed by atoms with E-state index in [2.05, 4.69) is 63.4 Å². The van der Waals surface area contributed by atoms with Crippen molar-refractivity contribution in [3.8, 4) is 0 Å². The fourth-order valence-electron chi connectivity index (χ4n) is 3.13. The predicted octanol–water partition coefficient (Wildman–Crippen LogP) is 4.59. The summed E-state index contributed by atoms with van der Waals surface area (Å²) in [4.78, 5) is 14.6. The lowest BCUT2D eigenvalue weighted by molar-refractivity contribution is -0.117. The molecule has 0 bridgehead atoms. The summed E-state index contributed by atoms with van der Waals surface area (Å²) in [5.41, 5.74) is 3.28. The number of carbonyl (C=O) groups is 1. The van der Waals surface area contributed by atoms with Crippen LogP contribution in [0.1, 0.15) is 36.9 Å². The molecule has 1 atom stereocenters. The number of nitrogens with zero attached hydrogens (tertiary/aromatic N) is 1. The van der Waals surface area contributed by atoms with E-state index in [1.54, 1.807) is 0 Å². The number of unbranched alkanes of at least 4 members (excludes halogenated alkanes) is 1. The zero-order valence-electron chi connectivity index (χ0n) is 13.3.